The Balaban J connectivity index is 4.37. The normalized spacial score (nSPS) is 26.8. The smallest absolute Gasteiger partial charge is 0.246 e. The van der Waals surface area contributed by atoms with Gasteiger partial charge in [0.05, 0.1) is 12.6 Å². The first-order chi connectivity index (χ1) is 39.6. The molecule has 0 spiro atoms. The lowest BCUT2D eigenvalue weighted by atomic mass is 9.91. The second kappa shape index (κ2) is 35.0. The molecule has 11 amide bonds. The van der Waals surface area contributed by atoms with E-state index in [0.717, 1.165) is 9.80 Å². The number of likely N-dealkylation sites (N-methyl/N-ethyl adjacent to an activating group) is 7. The molecule has 1 saturated heterocycles. The van der Waals surface area contributed by atoms with Crippen molar-refractivity contribution in [1.82, 2.24) is 55.6 Å². The summed E-state index contributed by atoms with van der Waals surface area (Å²) in [5.41, 5.74) is 0. The van der Waals surface area contributed by atoms with Crippen LogP contribution >= 0.6 is 0 Å². The lowest BCUT2D eigenvalue weighted by Gasteiger charge is -2.41. The van der Waals surface area contributed by atoms with E-state index in [1.807, 2.05) is 61.5 Å². The Hall–Kier alpha value is -6.13. The lowest BCUT2D eigenvalue weighted by molar-refractivity contribution is -0.157. The second-order valence-electron chi connectivity index (χ2n) is 26.9. The van der Waals surface area contributed by atoms with Crippen LogP contribution in [0.4, 0.5) is 0 Å². The van der Waals surface area contributed by atoms with Crippen LogP contribution in [0.1, 0.15) is 157 Å². The average Bonchev–Trinajstić information content (AvgIpc) is 2.16. The summed E-state index contributed by atoms with van der Waals surface area (Å²) in [5.74, 6) is -10.3. The molecule has 1 heterocycles. The van der Waals surface area contributed by atoms with Gasteiger partial charge in [-0.25, -0.2) is 0 Å². The van der Waals surface area contributed by atoms with Crippen LogP contribution in [-0.4, -0.2) is 227 Å². The van der Waals surface area contributed by atoms with Crippen LogP contribution in [0.5, 0.6) is 0 Å². The molecule has 1 aliphatic rings. The molecule has 0 aliphatic carbocycles. The van der Waals surface area contributed by atoms with Crippen molar-refractivity contribution < 1.29 is 57.8 Å². The van der Waals surface area contributed by atoms with E-state index in [-0.39, 0.29) is 49.4 Å². The van der Waals surface area contributed by atoms with E-state index in [9.17, 15) is 48.3 Å². The first kappa shape index (κ1) is 77.9. The Kier molecular flexibility index (Phi) is 31.7. The molecule has 0 aromatic rings. The highest BCUT2D eigenvalue weighted by Gasteiger charge is 2.46. The predicted octanol–water partition coefficient (Wildman–Crippen LogP) is 3.52. The van der Waals surface area contributed by atoms with Gasteiger partial charge in [-0.1, -0.05) is 116 Å². The third kappa shape index (κ3) is 21.6. The minimum Gasteiger partial charge on any atom is -0.390 e. The van der Waals surface area contributed by atoms with Crippen LogP contribution in [0.2, 0.25) is 0 Å². The van der Waals surface area contributed by atoms with E-state index in [2.05, 4.69) is 21.3 Å². The number of carbonyl (C=O) groups is 11. The summed E-state index contributed by atoms with van der Waals surface area (Å²) in [6, 6.07) is -12.4. The van der Waals surface area contributed by atoms with Gasteiger partial charge in [0.15, 0.2) is 0 Å². The fraction of sp³-hybridized carbons (Fsp3) is 0.794. The SMILES string of the molecule is C/C=C/C[C@@H](C)[C@@H](O)[C@H]1C(=O)N[C@H](C(C)C)C(=O)N(C)CC(=O)N(C)[C@@H](CC(C)C)C(=O)N[C@@H](C(C)C)C(=O)N(C)[C@H](CC(C)C)C(=O)N[C@@H](C)C(=O)N[C@H](C)C(=O)N(C)[C@@H](CC(C)C)C(=O)N(C)[C@@H](CC(C)C)C(=O)N(C)[C@H](C(C)C)C(=O)N1C. The monoisotopic (exact) mass is 1220 g/mol. The lowest BCUT2D eigenvalue weighted by Crippen LogP contribution is -2.64. The Morgan fingerprint density at radius 2 is 0.791 bits per heavy atom. The number of hydrogen-bond acceptors (Lipinski definition) is 12. The topological polar surface area (TPSA) is 279 Å². The van der Waals surface area contributed by atoms with Crippen molar-refractivity contribution in [3.63, 3.8) is 0 Å². The number of rotatable bonds is 15. The number of carbonyl (C=O) groups excluding carboxylic acids is 11. The molecule has 0 radical (unpaired) electrons. The Morgan fingerprint density at radius 3 is 1.23 bits per heavy atom. The predicted molar refractivity (Wildman–Crippen MR) is 333 cm³/mol. The maximum Gasteiger partial charge on any atom is 0.246 e. The van der Waals surface area contributed by atoms with E-state index in [0.29, 0.717) is 6.42 Å². The van der Waals surface area contributed by atoms with E-state index < -0.39 is 162 Å². The zero-order valence-corrected chi connectivity index (χ0v) is 56.9. The van der Waals surface area contributed by atoms with Gasteiger partial charge in [0.1, 0.15) is 60.4 Å². The molecule has 0 aromatic carbocycles. The van der Waals surface area contributed by atoms with Gasteiger partial charge in [-0.15, -0.1) is 0 Å². The van der Waals surface area contributed by atoms with Crippen LogP contribution in [0.15, 0.2) is 12.2 Å². The van der Waals surface area contributed by atoms with Gasteiger partial charge in [0.25, 0.3) is 0 Å². The van der Waals surface area contributed by atoms with Crippen molar-refractivity contribution in [2.24, 2.45) is 47.3 Å². The number of nitrogens with zero attached hydrogens (tertiary/aromatic N) is 7. The van der Waals surface area contributed by atoms with Crippen LogP contribution in [-0.2, 0) is 52.7 Å². The molecular formula is C63H113N11O12. The zero-order chi connectivity index (χ0) is 66.8. The fourth-order valence-electron chi connectivity index (χ4n) is 10.8. The summed E-state index contributed by atoms with van der Waals surface area (Å²) in [7, 11) is 9.93. The van der Waals surface area contributed by atoms with Gasteiger partial charge in [0.2, 0.25) is 65.0 Å². The molecule has 0 saturated carbocycles. The van der Waals surface area contributed by atoms with Crippen LogP contribution in [0.25, 0.3) is 0 Å². The van der Waals surface area contributed by atoms with Crippen molar-refractivity contribution in [2.45, 2.75) is 223 Å². The highest BCUT2D eigenvalue weighted by molar-refractivity contribution is 5.99. The number of hydrogen-bond donors (Lipinski definition) is 5. The quantitative estimate of drug-likeness (QED) is 0.147. The third-order valence-electron chi connectivity index (χ3n) is 16.3. The van der Waals surface area contributed by atoms with Gasteiger partial charge in [-0.2, -0.15) is 0 Å². The first-order valence-corrected chi connectivity index (χ1v) is 30.9. The number of aliphatic hydroxyl groups excluding tert-OH is 1. The molecule has 12 atom stereocenters. The minimum absolute atomic E-state index is 0.131. The number of nitrogens with one attached hydrogen (secondary N) is 4. The van der Waals surface area contributed by atoms with Crippen LogP contribution in [0.3, 0.4) is 0 Å². The number of amides is 11. The molecule has 86 heavy (non-hydrogen) atoms. The van der Waals surface area contributed by atoms with Crippen molar-refractivity contribution in [3.8, 4) is 0 Å². The number of aliphatic hydroxyl groups is 1. The van der Waals surface area contributed by atoms with E-state index in [4.69, 9.17) is 0 Å². The van der Waals surface area contributed by atoms with E-state index >= 15 is 9.59 Å². The van der Waals surface area contributed by atoms with Gasteiger partial charge >= 0.3 is 0 Å². The molecule has 1 rings (SSSR count). The zero-order valence-electron chi connectivity index (χ0n) is 56.9. The van der Waals surface area contributed by atoms with Gasteiger partial charge < -0.3 is 60.7 Å². The summed E-state index contributed by atoms with van der Waals surface area (Å²) in [6.07, 6.45) is 3.00. The molecule has 0 unspecified atom stereocenters. The minimum atomic E-state index is -1.62. The summed E-state index contributed by atoms with van der Waals surface area (Å²) in [5, 5.41) is 23.2. The van der Waals surface area contributed by atoms with E-state index in [1.54, 1.807) is 61.5 Å². The highest BCUT2D eigenvalue weighted by atomic mass is 16.3. The average molecular weight is 1220 g/mol. The third-order valence-corrected chi connectivity index (χ3v) is 16.3. The van der Waals surface area contributed by atoms with Gasteiger partial charge in [-0.3, -0.25) is 52.7 Å². The van der Waals surface area contributed by atoms with Crippen LogP contribution in [0, 0.1) is 47.3 Å². The molecule has 0 bridgehead atoms. The van der Waals surface area contributed by atoms with Crippen molar-refractivity contribution >= 4 is 65.0 Å². The summed E-state index contributed by atoms with van der Waals surface area (Å²) in [6.45, 7) is 31.1. The molecular weight excluding hydrogens is 1100 g/mol. The van der Waals surface area contributed by atoms with Gasteiger partial charge in [-0.05, 0) is 100 Å². The molecule has 23 nitrogen and oxygen atoms in total. The van der Waals surface area contributed by atoms with Crippen molar-refractivity contribution in [1.29, 1.82) is 0 Å². The second-order valence-corrected chi connectivity index (χ2v) is 26.9. The Morgan fingerprint density at radius 1 is 0.419 bits per heavy atom. The standard InChI is InChI=1S/C63H113N11O12/c1-26-27-28-41(16)53(76)52-57(80)67-49(38(10)11)61(84)68(19)33-48(75)69(20)44(29-34(2)3)56(79)66-50(39(12)13)62(85)70(21)45(30-35(4)5)55(78)64-42(17)54(77)65-43(18)58(81)71(22)46(31-36(6)7)59(82)72(23)47(32-37(8)9)60(83)73(24)51(40(14)15)63(86)74(52)25/h26-27,34-47,49-53,76H,28-33H2,1-25H3,(H,64,78)(H,65,77)(H,66,79)(H,67,80)/b27-26+/t41-,42+,43-,44+,45-,46+,47+,49-,50+,51-,52+,53-/m1/s1. The van der Waals surface area contributed by atoms with Crippen LogP contribution < -0.4 is 21.3 Å². The number of allylic oxidation sites excluding steroid dienone is 2. The molecule has 23 heteroatoms. The summed E-state index contributed by atoms with van der Waals surface area (Å²) < 4.78 is 0. The summed E-state index contributed by atoms with van der Waals surface area (Å²) >= 11 is 0. The molecule has 5 N–H and O–H groups in total. The molecule has 0 aromatic heterocycles. The first-order valence-electron chi connectivity index (χ1n) is 30.9. The highest BCUT2D eigenvalue weighted by Crippen LogP contribution is 2.26. The molecule has 492 valence electrons. The maximum absolute atomic E-state index is 15.2. The van der Waals surface area contributed by atoms with Gasteiger partial charge in [0, 0.05) is 49.3 Å². The largest absolute Gasteiger partial charge is 0.390 e. The van der Waals surface area contributed by atoms with Crippen molar-refractivity contribution in [2.75, 3.05) is 55.9 Å². The summed E-state index contributed by atoms with van der Waals surface area (Å²) in [4.78, 5) is 169. The maximum atomic E-state index is 15.2. The fourth-order valence-corrected chi connectivity index (χ4v) is 10.8. The molecule has 1 aliphatic heterocycles. The Bertz CT molecular complexity index is 2360. The van der Waals surface area contributed by atoms with E-state index in [1.165, 1.54) is 87.7 Å². The molecule has 1 fully saturated rings. The van der Waals surface area contributed by atoms with Crippen molar-refractivity contribution in [3.05, 3.63) is 12.2 Å². The Labute approximate surface area is 515 Å².